The Morgan fingerprint density at radius 3 is 2.53 bits per heavy atom. The molecule has 0 unspecified atom stereocenters. The van der Waals surface area contributed by atoms with Gasteiger partial charge >= 0.3 is 0 Å². The van der Waals surface area contributed by atoms with Crippen LogP contribution < -0.4 is 0 Å². The summed E-state index contributed by atoms with van der Waals surface area (Å²) in [6, 6.07) is 7.63. The van der Waals surface area contributed by atoms with Crippen molar-refractivity contribution in [1.29, 1.82) is 0 Å². The number of aromatic nitrogens is 1. The third kappa shape index (κ3) is 4.82. The second kappa shape index (κ2) is 9.85. The van der Waals surface area contributed by atoms with E-state index in [-0.39, 0.29) is 10.8 Å². The number of likely N-dealkylation sites (N-methyl/N-ethyl adjacent to an activating group) is 1. The molecular weight excluding hydrogens is 424 g/mol. The number of nitrogens with zero attached hydrogens (tertiary/aromatic N) is 4. The van der Waals surface area contributed by atoms with Gasteiger partial charge in [0, 0.05) is 50.3 Å². The predicted octanol–water partition coefficient (Wildman–Crippen LogP) is 3.03. The molecule has 0 spiro atoms. The monoisotopic (exact) mass is 458 g/mol. The zero-order valence-corrected chi connectivity index (χ0v) is 20.0. The summed E-state index contributed by atoms with van der Waals surface area (Å²) in [4.78, 5) is 21.7. The number of carbonyl (C=O) groups excluding carboxylic acids is 1. The maximum atomic E-state index is 13.4. The average Bonchev–Trinajstić information content (AvgIpc) is 2.80. The Balaban J connectivity index is 1.40. The molecule has 0 radical (unpaired) electrons. The molecule has 7 nitrogen and oxygen atoms in total. The topological polar surface area (TPSA) is 73.8 Å². The van der Waals surface area contributed by atoms with Gasteiger partial charge in [-0.15, -0.1) is 0 Å². The quantitative estimate of drug-likeness (QED) is 0.665. The molecule has 1 saturated carbocycles. The number of aryl methyl sites for hydroxylation is 1. The summed E-state index contributed by atoms with van der Waals surface area (Å²) >= 11 is 0. The van der Waals surface area contributed by atoms with Gasteiger partial charge in [0.25, 0.3) is 0 Å². The van der Waals surface area contributed by atoms with Crippen molar-refractivity contribution in [3.05, 3.63) is 36.0 Å². The lowest BCUT2D eigenvalue weighted by atomic mass is 9.94. The Kier molecular flexibility index (Phi) is 7.12. The van der Waals surface area contributed by atoms with Crippen molar-refractivity contribution >= 4 is 26.8 Å². The van der Waals surface area contributed by atoms with Gasteiger partial charge in [-0.25, -0.2) is 8.42 Å². The summed E-state index contributed by atoms with van der Waals surface area (Å²) < 4.78 is 28.3. The minimum Gasteiger partial charge on any atom is -0.339 e. The van der Waals surface area contributed by atoms with Gasteiger partial charge < -0.3 is 4.90 Å². The molecule has 1 amide bonds. The van der Waals surface area contributed by atoms with Gasteiger partial charge in [-0.1, -0.05) is 31.4 Å². The summed E-state index contributed by atoms with van der Waals surface area (Å²) in [5, 5.41) is 0.831. The number of rotatable bonds is 6. The van der Waals surface area contributed by atoms with Crippen LogP contribution in [0.15, 0.2) is 35.4 Å². The number of carbonyl (C=O) groups is 1. The molecule has 2 fully saturated rings. The Morgan fingerprint density at radius 1 is 1.12 bits per heavy atom. The van der Waals surface area contributed by atoms with Gasteiger partial charge in [0.2, 0.25) is 15.9 Å². The van der Waals surface area contributed by atoms with Gasteiger partial charge in [0.1, 0.15) is 4.90 Å². The maximum Gasteiger partial charge on any atom is 0.245 e. The highest BCUT2D eigenvalue weighted by Crippen LogP contribution is 2.26. The number of sulfonamides is 1. The second-order valence-electron chi connectivity index (χ2n) is 8.99. The molecule has 0 atom stereocenters. The van der Waals surface area contributed by atoms with Crippen molar-refractivity contribution in [2.75, 3.05) is 39.3 Å². The van der Waals surface area contributed by atoms with Gasteiger partial charge in [-0.05, 0) is 44.4 Å². The van der Waals surface area contributed by atoms with Crippen LogP contribution >= 0.6 is 0 Å². The van der Waals surface area contributed by atoms with E-state index < -0.39 is 10.0 Å². The van der Waals surface area contributed by atoms with Crippen LogP contribution in [0.3, 0.4) is 0 Å². The third-order valence-electron chi connectivity index (χ3n) is 6.80. The molecule has 174 valence electrons. The number of fused-ring (bicyclic) bond motifs is 1. The van der Waals surface area contributed by atoms with Gasteiger partial charge in [-0.3, -0.25) is 14.7 Å². The first-order valence-electron chi connectivity index (χ1n) is 11.8. The number of pyridine rings is 1. The smallest absolute Gasteiger partial charge is 0.245 e. The Hall–Kier alpha value is -2.03. The number of hydrogen-bond donors (Lipinski definition) is 0. The van der Waals surface area contributed by atoms with Crippen LogP contribution in [0.1, 0.15) is 44.6 Å². The number of para-hydroxylation sites is 1. The molecule has 2 aromatic rings. The number of benzene rings is 1. The predicted molar refractivity (Wildman–Crippen MR) is 126 cm³/mol. The molecule has 8 heteroatoms. The summed E-state index contributed by atoms with van der Waals surface area (Å²) in [6.07, 6.45) is 7.58. The van der Waals surface area contributed by atoms with E-state index >= 15 is 0 Å². The normalized spacial score (nSPS) is 19.3. The highest BCUT2D eigenvalue weighted by atomic mass is 32.2. The van der Waals surface area contributed by atoms with E-state index in [2.05, 4.69) is 16.8 Å². The summed E-state index contributed by atoms with van der Waals surface area (Å²) in [5.74, 6) is 0.171. The SMILES string of the molecule is CCN(C(=O)CN1CCN(S(=O)(=O)c2cccc3cc(C)cnc23)CC1)C1CCCCC1. The maximum absolute atomic E-state index is 13.4. The molecule has 1 aromatic carbocycles. The van der Waals surface area contributed by atoms with Crippen LogP contribution in [0.5, 0.6) is 0 Å². The molecule has 32 heavy (non-hydrogen) atoms. The van der Waals surface area contributed by atoms with Crippen molar-refractivity contribution < 1.29 is 13.2 Å². The molecule has 2 heterocycles. The van der Waals surface area contributed by atoms with E-state index in [1.165, 1.54) is 23.6 Å². The van der Waals surface area contributed by atoms with Crippen LogP contribution in [0.4, 0.5) is 0 Å². The van der Waals surface area contributed by atoms with Gasteiger partial charge in [-0.2, -0.15) is 4.31 Å². The molecule has 1 aliphatic heterocycles. The first kappa shape index (κ1) is 23.1. The number of amides is 1. The lowest BCUT2D eigenvalue weighted by molar-refractivity contribution is -0.135. The fourth-order valence-electron chi connectivity index (χ4n) is 5.03. The summed E-state index contributed by atoms with van der Waals surface area (Å²) in [6.45, 7) is 6.99. The van der Waals surface area contributed by atoms with E-state index in [1.54, 1.807) is 18.3 Å². The van der Waals surface area contributed by atoms with Crippen molar-refractivity contribution in [3.63, 3.8) is 0 Å². The van der Waals surface area contributed by atoms with Crippen molar-refractivity contribution in [2.24, 2.45) is 0 Å². The summed E-state index contributed by atoms with van der Waals surface area (Å²) in [7, 11) is -3.64. The first-order chi connectivity index (χ1) is 15.4. The van der Waals surface area contributed by atoms with Crippen molar-refractivity contribution in [1.82, 2.24) is 19.1 Å². The van der Waals surface area contributed by atoms with E-state index in [0.717, 1.165) is 30.3 Å². The molecule has 0 N–H and O–H groups in total. The Labute approximate surface area is 191 Å². The van der Waals surface area contributed by atoms with Crippen LogP contribution in [0, 0.1) is 6.92 Å². The largest absolute Gasteiger partial charge is 0.339 e. The third-order valence-corrected chi connectivity index (χ3v) is 8.73. The minimum absolute atomic E-state index is 0.171. The fraction of sp³-hybridized carbons (Fsp3) is 0.583. The zero-order valence-electron chi connectivity index (χ0n) is 19.2. The molecule has 1 aromatic heterocycles. The van der Waals surface area contributed by atoms with Gasteiger partial charge in [0.05, 0.1) is 12.1 Å². The van der Waals surface area contributed by atoms with E-state index in [9.17, 15) is 13.2 Å². The van der Waals surface area contributed by atoms with Crippen LogP contribution in [0.2, 0.25) is 0 Å². The molecule has 1 aliphatic carbocycles. The average molecular weight is 459 g/mol. The van der Waals surface area contributed by atoms with Crippen LogP contribution in [0.25, 0.3) is 10.9 Å². The van der Waals surface area contributed by atoms with E-state index in [0.29, 0.717) is 44.3 Å². The summed E-state index contributed by atoms with van der Waals surface area (Å²) in [5.41, 5.74) is 1.52. The number of hydrogen-bond acceptors (Lipinski definition) is 5. The molecule has 4 rings (SSSR count). The lowest BCUT2D eigenvalue weighted by Crippen LogP contribution is -2.52. The van der Waals surface area contributed by atoms with Crippen molar-refractivity contribution in [3.8, 4) is 0 Å². The number of piperazine rings is 1. The first-order valence-corrected chi connectivity index (χ1v) is 13.2. The molecule has 2 aliphatic rings. The molecule has 1 saturated heterocycles. The van der Waals surface area contributed by atoms with Crippen LogP contribution in [-0.2, 0) is 14.8 Å². The second-order valence-corrected chi connectivity index (χ2v) is 10.9. The van der Waals surface area contributed by atoms with Gasteiger partial charge in [0.15, 0.2) is 0 Å². The lowest BCUT2D eigenvalue weighted by Gasteiger charge is -2.37. The molecule has 0 bridgehead atoms. The minimum atomic E-state index is -3.64. The van der Waals surface area contributed by atoms with E-state index in [4.69, 9.17) is 0 Å². The zero-order chi connectivity index (χ0) is 22.7. The molecular formula is C24H34N4O3S. The fourth-order valence-corrected chi connectivity index (χ4v) is 6.62. The Morgan fingerprint density at radius 2 is 1.84 bits per heavy atom. The van der Waals surface area contributed by atoms with E-state index in [1.807, 2.05) is 24.0 Å². The standard InChI is InChI=1S/C24H34N4O3S/c1-3-28(21-9-5-4-6-10-21)23(29)18-26-12-14-27(15-13-26)32(30,31)22-11-7-8-20-16-19(2)17-25-24(20)22/h7-8,11,16-17,21H,3-6,9-10,12-15,18H2,1-2H3. The van der Waals surface area contributed by atoms with Crippen LogP contribution in [-0.4, -0.2) is 78.7 Å². The highest BCUT2D eigenvalue weighted by molar-refractivity contribution is 7.89. The van der Waals surface area contributed by atoms with Crippen molar-refractivity contribution in [2.45, 2.75) is 56.9 Å². The Bertz CT molecular complexity index is 1060. The highest BCUT2D eigenvalue weighted by Gasteiger charge is 2.32.